The molecule has 6 atom stereocenters. The van der Waals surface area contributed by atoms with Gasteiger partial charge in [0.2, 0.25) is 11.8 Å². The van der Waals surface area contributed by atoms with Gasteiger partial charge in [0.1, 0.15) is 17.3 Å². The minimum Gasteiger partial charge on any atom is -0.508 e. The number of anilines is 2. The second-order valence-electron chi connectivity index (χ2n) is 12.1. The minimum atomic E-state index is -2.13. The van der Waals surface area contributed by atoms with E-state index in [-0.39, 0.29) is 30.0 Å². The quantitative estimate of drug-likeness (QED) is 0.198. The Morgan fingerprint density at radius 1 is 0.891 bits per heavy atom. The maximum atomic E-state index is 14.5. The number of hydrogen-bond donors (Lipinski definition) is 1. The van der Waals surface area contributed by atoms with Crippen LogP contribution in [0, 0.1) is 30.5 Å². The number of aryl methyl sites for hydroxylation is 1. The molecule has 3 aromatic carbocycles. The lowest BCUT2D eigenvalue weighted by Gasteiger charge is -2.50. The number of methoxy groups -OCH3 is 1. The highest BCUT2D eigenvalue weighted by Crippen LogP contribution is 2.66. The van der Waals surface area contributed by atoms with Gasteiger partial charge in [-0.2, -0.15) is 0 Å². The number of carbonyl (C=O) groups excluding carboxylic acids is 4. The van der Waals surface area contributed by atoms with Crippen LogP contribution in [0.4, 0.5) is 15.8 Å². The fraction of sp³-hybridized carbons (Fsp3) is 0.294. The van der Waals surface area contributed by atoms with Gasteiger partial charge in [-0.1, -0.05) is 35.4 Å². The number of aromatic hydroxyl groups is 1. The lowest BCUT2D eigenvalue weighted by molar-refractivity contribution is -0.125. The molecular weight excluding hydrogens is 658 g/mol. The van der Waals surface area contributed by atoms with Gasteiger partial charge in [-0.25, -0.2) is 14.2 Å². The Hall–Kier alpha value is -3.92. The molecule has 46 heavy (non-hydrogen) atoms. The van der Waals surface area contributed by atoms with E-state index in [9.17, 15) is 28.7 Å². The Bertz CT molecular complexity index is 1900. The molecule has 2 aliphatic heterocycles. The molecule has 2 saturated heterocycles. The van der Waals surface area contributed by atoms with E-state index in [2.05, 4.69) is 0 Å². The van der Waals surface area contributed by atoms with Crippen molar-refractivity contribution < 1.29 is 33.4 Å². The van der Waals surface area contributed by atoms with Crippen LogP contribution in [0.5, 0.6) is 11.5 Å². The molecule has 1 saturated carbocycles. The van der Waals surface area contributed by atoms with Gasteiger partial charge in [0, 0.05) is 22.6 Å². The number of rotatable bonds is 4. The molecule has 236 valence electrons. The number of imide groups is 2. The molecule has 0 aromatic heterocycles. The molecule has 0 radical (unpaired) electrons. The Kier molecular flexibility index (Phi) is 7.05. The summed E-state index contributed by atoms with van der Waals surface area (Å²) in [7, 11) is 1.38. The van der Waals surface area contributed by atoms with Gasteiger partial charge >= 0.3 is 0 Å². The molecule has 3 aromatic rings. The maximum Gasteiger partial charge on any atom is 0.258 e. The van der Waals surface area contributed by atoms with Gasteiger partial charge in [-0.3, -0.25) is 19.2 Å². The highest BCUT2D eigenvalue weighted by Gasteiger charge is 2.77. The Labute approximate surface area is 278 Å². The number of nitrogens with zero attached hydrogens (tertiary/aromatic N) is 2. The number of phenols is 1. The molecule has 0 spiro atoms. The summed E-state index contributed by atoms with van der Waals surface area (Å²) < 4.78 is 19.5. The van der Waals surface area contributed by atoms with Gasteiger partial charge in [-0.05, 0) is 73.7 Å². The van der Waals surface area contributed by atoms with E-state index >= 15 is 0 Å². The molecule has 3 fully saturated rings. The number of alkyl halides is 2. The molecule has 6 unspecified atom stereocenters. The second-order valence-corrected chi connectivity index (χ2v) is 13.8. The van der Waals surface area contributed by atoms with E-state index in [0.717, 1.165) is 27.5 Å². The Morgan fingerprint density at radius 3 is 2.26 bits per heavy atom. The van der Waals surface area contributed by atoms with Crippen LogP contribution in [0.2, 0.25) is 5.02 Å². The van der Waals surface area contributed by atoms with Crippen LogP contribution in [-0.4, -0.2) is 45.6 Å². The zero-order chi connectivity index (χ0) is 32.9. The van der Waals surface area contributed by atoms with Crippen molar-refractivity contribution in [2.75, 3.05) is 16.9 Å². The van der Waals surface area contributed by atoms with Gasteiger partial charge in [0.25, 0.3) is 11.8 Å². The summed E-state index contributed by atoms with van der Waals surface area (Å²) in [6.45, 7) is 1.81. The molecule has 2 heterocycles. The van der Waals surface area contributed by atoms with Gasteiger partial charge < -0.3 is 9.84 Å². The molecule has 4 aliphatic rings. The first-order valence-electron chi connectivity index (χ1n) is 14.6. The van der Waals surface area contributed by atoms with E-state index in [1.165, 1.54) is 37.4 Å². The Morgan fingerprint density at radius 2 is 1.59 bits per heavy atom. The maximum absolute atomic E-state index is 14.5. The molecule has 0 bridgehead atoms. The summed E-state index contributed by atoms with van der Waals surface area (Å²) >= 11 is 21.1. The zero-order valence-electron chi connectivity index (χ0n) is 24.5. The number of hydrogen-bond acceptors (Lipinski definition) is 6. The van der Waals surface area contributed by atoms with Crippen LogP contribution in [0.25, 0.3) is 0 Å². The summed E-state index contributed by atoms with van der Waals surface area (Å²) in [6, 6.07) is 14.0. The van der Waals surface area contributed by atoms with E-state index in [0.29, 0.717) is 21.8 Å². The number of allylic oxidation sites excluding steroid dienone is 2. The van der Waals surface area contributed by atoms with Crippen LogP contribution in [0.3, 0.4) is 0 Å². The van der Waals surface area contributed by atoms with Crippen molar-refractivity contribution in [2.24, 2.45) is 17.8 Å². The number of phenolic OH excluding ortho intramolecular Hbond substituents is 1. The van der Waals surface area contributed by atoms with Crippen molar-refractivity contribution in [3.05, 3.63) is 94.3 Å². The van der Waals surface area contributed by atoms with E-state index < -0.39 is 62.9 Å². The van der Waals surface area contributed by atoms with E-state index in [1.54, 1.807) is 24.3 Å². The van der Waals surface area contributed by atoms with Crippen molar-refractivity contribution in [2.45, 2.75) is 35.4 Å². The first-order valence-corrected chi connectivity index (χ1v) is 15.7. The van der Waals surface area contributed by atoms with Gasteiger partial charge in [-0.15, -0.1) is 23.2 Å². The lowest BCUT2D eigenvalue weighted by atomic mass is 9.56. The highest BCUT2D eigenvalue weighted by molar-refractivity contribution is 6.58. The van der Waals surface area contributed by atoms with Crippen LogP contribution in [0.15, 0.2) is 72.3 Å². The predicted octanol–water partition coefficient (Wildman–Crippen LogP) is 6.27. The SMILES string of the molecule is COc1cc(O)ccc1C1C2=CCC3C(=O)N(c4ccc(C)c(Cl)c4)C(=O)C3C2CC2(Cl)C(=O)N(c3ccc(F)cc3)C(=O)C12Cl. The van der Waals surface area contributed by atoms with Crippen LogP contribution < -0.4 is 14.5 Å². The summed E-state index contributed by atoms with van der Waals surface area (Å²) in [6.07, 6.45) is 1.74. The summed E-state index contributed by atoms with van der Waals surface area (Å²) in [4.78, 5) is 54.7. The monoisotopic (exact) mass is 682 g/mol. The average molecular weight is 684 g/mol. The fourth-order valence-electron chi connectivity index (χ4n) is 7.66. The van der Waals surface area contributed by atoms with Crippen LogP contribution in [0.1, 0.15) is 29.9 Å². The fourth-order valence-corrected chi connectivity index (χ4v) is 8.76. The highest BCUT2D eigenvalue weighted by atomic mass is 35.5. The number of benzene rings is 3. The standard InChI is InChI=1S/C34H26Cl3FN2O6/c1-16-3-6-19(13-25(16)35)39-29(42)23-12-11-21-24(27(23)30(39)43)15-33(36)31(44)40(18-7-4-17(38)5-8-18)32(45)34(33,37)28(21)22-10-9-20(41)14-26(22)46-2/h3-11,13-14,23-24,27-28,41H,12,15H2,1-2H3. The second kappa shape index (κ2) is 10.6. The van der Waals surface area contributed by atoms with Gasteiger partial charge in [0.15, 0.2) is 9.75 Å². The number of amides is 4. The molecule has 4 amide bonds. The van der Waals surface area contributed by atoms with E-state index in [4.69, 9.17) is 39.5 Å². The predicted molar refractivity (Wildman–Crippen MR) is 170 cm³/mol. The Balaban J connectivity index is 1.41. The van der Waals surface area contributed by atoms with Gasteiger partial charge in [0.05, 0.1) is 30.3 Å². The summed E-state index contributed by atoms with van der Waals surface area (Å²) in [5, 5.41) is 10.7. The van der Waals surface area contributed by atoms with E-state index in [1.807, 2.05) is 6.92 Å². The minimum absolute atomic E-state index is 0.0756. The van der Waals surface area contributed by atoms with Crippen LogP contribution in [-0.2, 0) is 19.2 Å². The largest absolute Gasteiger partial charge is 0.508 e. The third kappa shape index (κ3) is 4.04. The third-order valence-corrected chi connectivity index (χ3v) is 11.7. The lowest BCUT2D eigenvalue weighted by Crippen LogP contribution is -2.60. The van der Waals surface area contributed by atoms with Crippen molar-refractivity contribution in [1.82, 2.24) is 0 Å². The molecule has 2 aliphatic carbocycles. The first kappa shape index (κ1) is 30.7. The van der Waals surface area contributed by atoms with Crippen molar-refractivity contribution in [3.63, 3.8) is 0 Å². The first-order chi connectivity index (χ1) is 21.8. The van der Waals surface area contributed by atoms with Crippen molar-refractivity contribution in [1.29, 1.82) is 0 Å². The number of fused-ring (bicyclic) bond motifs is 4. The average Bonchev–Trinajstić information content (AvgIpc) is 3.37. The summed E-state index contributed by atoms with van der Waals surface area (Å²) in [5.41, 5.74) is 2.10. The summed E-state index contributed by atoms with van der Waals surface area (Å²) in [5.74, 6) is -6.61. The number of ether oxygens (including phenoxy) is 1. The smallest absolute Gasteiger partial charge is 0.258 e. The van der Waals surface area contributed by atoms with Crippen LogP contribution >= 0.6 is 34.8 Å². The third-order valence-electron chi connectivity index (χ3n) is 9.84. The number of carbonyl (C=O) groups is 4. The molecule has 8 nitrogen and oxygen atoms in total. The zero-order valence-corrected chi connectivity index (χ0v) is 26.7. The topological polar surface area (TPSA) is 104 Å². The number of halogens is 4. The van der Waals surface area contributed by atoms with Crippen molar-refractivity contribution in [3.8, 4) is 11.5 Å². The normalized spacial score (nSPS) is 30.3. The molecule has 1 N–H and O–H groups in total. The molecule has 7 rings (SSSR count). The molecule has 12 heteroatoms. The van der Waals surface area contributed by atoms with Crippen molar-refractivity contribution >= 4 is 69.8 Å². The molecular formula is C34H26Cl3FN2O6.